The second-order valence-corrected chi connectivity index (χ2v) is 11.4. The quantitative estimate of drug-likeness (QED) is 0.341. The van der Waals surface area contributed by atoms with E-state index in [-0.39, 0.29) is 17.5 Å². The molecule has 4 nitrogen and oxygen atoms in total. The Balaban J connectivity index is 1.30. The number of halogens is 2. The average molecular weight is 506 g/mol. The van der Waals surface area contributed by atoms with Crippen LogP contribution in [0, 0.1) is 17.7 Å². The number of carbonyl (C=O) groups is 1. The van der Waals surface area contributed by atoms with Crippen molar-refractivity contribution in [1.82, 2.24) is 9.88 Å². The van der Waals surface area contributed by atoms with Crippen LogP contribution in [0.25, 0.3) is 22.0 Å². The smallest absolute Gasteiger partial charge is 0.169 e. The lowest BCUT2D eigenvalue weighted by Crippen LogP contribution is -2.33. The number of benzene rings is 2. The zero-order chi connectivity index (χ0) is 24.6. The number of likely N-dealkylation sites (tertiary alicyclic amines) is 1. The zero-order valence-electron chi connectivity index (χ0n) is 20.6. The minimum atomic E-state index is -0.363. The highest BCUT2D eigenvalue weighted by atomic mass is 35.5. The summed E-state index contributed by atoms with van der Waals surface area (Å²) in [4.78, 5) is 20.5. The number of pyridine rings is 1. The Kier molecular flexibility index (Phi) is 6.70. The second-order valence-electron chi connectivity index (χ2n) is 10.9. The first-order valence-electron chi connectivity index (χ1n) is 13.5. The molecule has 2 aliphatic carbocycles. The molecule has 3 aromatic rings. The average Bonchev–Trinajstić information content (AvgIpc) is 3.60. The van der Waals surface area contributed by atoms with Crippen molar-refractivity contribution < 1.29 is 9.18 Å². The van der Waals surface area contributed by atoms with Crippen LogP contribution in [0.1, 0.15) is 61.7 Å². The largest absolute Gasteiger partial charge is 0.381 e. The van der Waals surface area contributed by atoms with Crippen molar-refractivity contribution in [2.24, 2.45) is 11.8 Å². The van der Waals surface area contributed by atoms with Gasteiger partial charge in [0.15, 0.2) is 5.78 Å². The van der Waals surface area contributed by atoms with Crippen molar-refractivity contribution >= 4 is 34.0 Å². The number of hydrogen-bond acceptors (Lipinski definition) is 4. The lowest BCUT2D eigenvalue weighted by atomic mass is 9.85. The number of aromatic nitrogens is 1. The molecule has 1 aromatic heterocycles. The first kappa shape index (κ1) is 23.9. The van der Waals surface area contributed by atoms with Gasteiger partial charge in [-0.2, -0.15) is 0 Å². The van der Waals surface area contributed by atoms with E-state index in [4.69, 9.17) is 11.6 Å². The summed E-state index contributed by atoms with van der Waals surface area (Å²) >= 11 is 6.14. The molecule has 0 amide bonds. The van der Waals surface area contributed by atoms with Crippen molar-refractivity contribution in [1.29, 1.82) is 0 Å². The van der Waals surface area contributed by atoms with Gasteiger partial charge in [0.2, 0.25) is 0 Å². The maximum absolute atomic E-state index is 14.1. The van der Waals surface area contributed by atoms with Gasteiger partial charge in [0.1, 0.15) is 5.82 Å². The van der Waals surface area contributed by atoms with Crippen molar-refractivity contribution in [3.8, 4) is 11.1 Å². The highest BCUT2D eigenvalue weighted by Crippen LogP contribution is 2.39. The minimum absolute atomic E-state index is 0.117. The Labute approximate surface area is 217 Å². The van der Waals surface area contributed by atoms with Gasteiger partial charge >= 0.3 is 0 Å². The Morgan fingerprint density at radius 1 is 1.00 bits per heavy atom. The van der Waals surface area contributed by atoms with E-state index in [0.29, 0.717) is 22.2 Å². The van der Waals surface area contributed by atoms with Gasteiger partial charge in [0.05, 0.1) is 16.8 Å². The van der Waals surface area contributed by atoms with Crippen LogP contribution in [0.4, 0.5) is 10.1 Å². The third-order valence-corrected chi connectivity index (χ3v) is 8.41. The normalized spacial score (nSPS) is 22.7. The molecule has 0 spiro atoms. The molecule has 2 aromatic carbocycles. The molecule has 188 valence electrons. The van der Waals surface area contributed by atoms with Crippen molar-refractivity contribution in [3.05, 3.63) is 59.0 Å². The Hall–Kier alpha value is -2.50. The number of fused-ring (bicyclic) bond motifs is 1. The third-order valence-electron chi connectivity index (χ3n) is 8.19. The van der Waals surface area contributed by atoms with E-state index in [2.05, 4.69) is 15.2 Å². The molecule has 1 saturated heterocycles. The number of hydrogen-bond donors (Lipinski definition) is 1. The molecule has 36 heavy (non-hydrogen) atoms. The van der Waals surface area contributed by atoms with Crippen LogP contribution in [-0.4, -0.2) is 41.3 Å². The summed E-state index contributed by atoms with van der Waals surface area (Å²) in [5.74, 6) is 0.713. The fourth-order valence-corrected chi connectivity index (χ4v) is 6.25. The van der Waals surface area contributed by atoms with Crippen LogP contribution in [0.5, 0.6) is 0 Å². The van der Waals surface area contributed by atoms with Crippen LogP contribution in [0.3, 0.4) is 0 Å². The molecule has 6 rings (SSSR count). The maximum atomic E-state index is 14.1. The van der Waals surface area contributed by atoms with Gasteiger partial charge in [-0.25, -0.2) is 4.39 Å². The Morgan fingerprint density at radius 3 is 2.50 bits per heavy atom. The molecule has 0 radical (unpaired) electrons. The van der Waals surface area contributed by atoms with Gasteiger partial charge in [-0.05, 0) is 112 Å². The number of Topliss-reactive ketones (excluding diaryl/α,β-unsaturated/α-hetero) is 1. The number of carbonyl (C=O) groups excluding carboxylic acids is 1. The molecule has 2 saturated carbocycles. The summed E-state index contributed by atoms with van der Waals surface area (Å²) in [6.07, 6.45) is 11.0. The monoisotopic (exact) mass is 505 g/mol. The summed E-state index contributed by atoms with van der Waals surface area (Å²) in [7, 11) is 0. The highest BCUT2D eigenvalue weighted by Gasteiger charge is 2.33. The maximum Gasteiger partial charge on any atom is 0.169 e. The predicted molar refractivity (Wildman–Crippen MR) is 144 cm³/mol. The molecule has 0 unspecified atom stereocenters. The van der Waals surface area contributed by atoms with Crippen LogP contribution in [0.15, 0.2) is 42.6 Å². The summed E-state index contributed by atoms with van der Waals surface area (Å²) in [6, 6.07) is 10.8. The van der Waals surface area contributed by atoms with E-state index in [1.165, 1.54) is 57.5 Å². The highest BCUT2D eigenvalue weighted by molar-refractivity contribution is 6.30. The fraction of sp³-hybridized carbons (Fsp3) is 0.467. The summed E-state index contributed by atoms with van der Waals surface area (Å²) in [6.45, 7) is 3.75. The second kappa shape index (κ2) is 10.1. The standard InChI is InChI=1S/C30H33ClFN3O/c31-23-13-22(14-24(32)16-23)21-7-10-28-26(15-21)29(27(17-33-28)30(36)20-5-6-20)34-25-8-3-19(4-9-25)18-35-11-1-2-12-35/h7,10,13-17,19-20,25H,1-6,8-9,11-12,18H2,(H,33,34). The first-order chi connectivity index (χ1) is 17.5. The number of nitrogens with zero attached hydrogens (tertiary/aromatic N) is 2. The predicted octanol–water partition coefficient (Wildman–Crippen LogP) is 7.35. The van der Waals surface area contributed by atoms with Gasteiger partial charge in [-0.1, -0.05) is 17.7 Å². The van der Waals surface area contributed by atoms with Crippen LogP contribution in [0.2, 0.25) is 5.02 Å². The van der Waals surface area contributed by atoms with E-state index in [1.54, 1.807) is 12.3 Å². The van der Waals surface area contributed by atoms with Crippen molar-refractivity contribution in [2.75, 3.05) is 25.0 Å². The Bertz CT molecular complexity index is 1260. The number of nitrogens with one attached hydrogen (secondary N) is 1. The van der Waals surface area contributed by atoms with Crippen LogP contribution < -0.4 is 5.32 Å². The van der Waals surface area contributed by atoms with Crippen molar-refractivity contribution in [2.45, 2.75) is 57.4 Å². The van der Waals surface area contributed by atoms with Gasteiger partial charge in [-0.3, -0.25) is 9.78 Å². The fourth-order valence-electron chi connectivity index (χ4n) is 6.02. The molecule has 1 N–H and O–H groups in total. The topological polar surface area (TPSA) is 45.2 Å². The van der Waals surface area contributed by atoms with E-state index < -0.39 is 0 Å². The van der Waals surface area contributed by atoms with Gasteiger partial charge in [-0.15, -0.1) is 0 Å². The van der Waals surface area contributed by atoms with Crippen molar-refractivity contribution in [3.63, 3.8) is 0 Å². The summed E-state index contributed by atoms with van der Waals surface area (Å²) < 4.78 is 14.1. The van der Waals surface area contributed by atoms with E-state index in [9.17, 15) is 9.18 Å². The minimum Gasteiger partial charge on any atom is -0.381 e. The molecule has 0 atom stereocenters. The molecule has 0 bridgehead atoms. The van der Waals surface area contributed by atoms with Gasteiger partial charge in [0.25, 0.3) is 0 Å². The number of rotatable bonds is 7. The molecule has 3 aliphatic rings. The van der Waals surface area contributed by atoms with E-state index >= 15 is 0 Å². The third kappa shape index (κ3) is 5.14. The molecular weight excluding hydrogens is 473 g/mol. The Morgan fingerprint density at radius 2 is 1.78 bits per heavy atom. The van der Waals surface area contributed by atoms with E-state index in [1.807, 2.05) is 18.2 Å². The van der Waals surface area contributed by atoms with Crippen LogP contribution in [-0.2, 0) is 0 Å². The van der Waals surface area contributed by atoms with Gasteiger partial charge in [0, 0.05) is 35.1 Å². The van der Waals surface area contributed by atoms with E-state index in [0.717, 1.165) is 53.8 Å². The molecule has 3 fully saturated rings. The summed E-state index contributed by atoms with van der Waals surface area (Å²) in [5.41, 5.74) is 4.00. The lowest BCUT2D eigenvalue weighted by Gasteiger charge is -2.32. The molecule has 2 heterocycles. The molecular formula is C30H33ClFN3O. The first-order valence-corrected chi connectivity index (χ1v) is 13.8. The zero-order valence-corrected chi connectivity index (χ0v) is 21.4. The molecule has 1 aliphatic heterocycles. The molecule has 6 heteroatoms. The van der Waals surface area contributed by atoms with Crippen LogP contribution >= 0.6 is 11.6 Å². The number of ketones is 1. The number of anilines is 1. The summed E-state index contributed by atoms with van der Waals surface area (Å²) in [5, 5.41) is 5.08. The van der Waals surface area contributed by atoms with Gasteiger partial charge < -0.3 is 10.2 Å². The lowest BCUT2D eigenvalue weighted by molar-refractivity contribution is 0.0968. The SMILES string of the molecule is O=C(c1cnc2ccc(-c3cc(F)cc(Cl)c3)cc2c1NC1CCC(CN2CCCC2)CC1)C1CC1.